The van der Waals surface area contributed by atoms with Gasteiger partial charge in [-0.2, -0.15) is 0 Å². The van der Waals surface area contributed by atoms with Crippen molar-refractivity contribution in [2.75, 3.05) is 6.54 Å². The molecule has 1 aromatic rings. The fraction of sp³-hybridized carbons (Fsp3) is 0.429. The Morgan fingerprint density at radius 3 is 2.68 bits per heavy atom. The van der Waals surface area contributed by atoms with Crippen LogP contribution in [0.25, 0.3) is 0 Å². The minimum Gasteiger partial charge on any atom is -0.507 e. The lowest BCUT2D eigenvalue weighted by Gasteiger charge is -2.09. The van der Waals surface area contributed by atoms with Crippen LogP contribution in [-0.4, -0.2) is 28.6 Å². The van der Waals surface area contributed by atoms with Crippen molar-refractivity contribution in [2.24, 2.45) is 5.92 Å². The van der Waals surface area contributed by atoms with E-state index in [9.17, 15) is 14.7 Å². The third-order valence-electron chi connectivity index (χ3n) is 3.00. The average molecular weight is 265 g/mol. The second kappa shape index (κ2) is 6.78. The first-order valence-electron chi connectivity index (χ1n) is 6.23. The molecule has 0 spiro atoms. The third kappa shape index (κ3) is 4.28. The van der Waals surface area contributed by atoms with Crippen molar-refractivity contribution >= 4 is 11.9 Å². The molecule has 1 rings (SSSR count). The number of carbonyl (C=O) groups is 2. The molecule has 0 radical (unpaired) electrons. The van der Waals surface area contributed by atoms with E-state index in [0.29, 0.717) is 24.9 Å². The lowest BCUT2D eigenvalue weighted by atomic mass is 10.1. The van der Waals surface area contributed by atoms with Crippen LogP contribution in [0.3, 0.4) is 0 Å². The number of aromatic hydroxyl groups is 1. The number of hydrogen-bond acceptors (Lipinski definition) is 3. The number of hydrogen-bond donors (Lipinski definition) is 3. The summed E-state index contributed by atoms with van der Waals surface area (Å²) in [5.74, 6) is -1.60. The van der Waals surface area contributed by atoms with Crippen molar-refractivity contribution in [1.82, 2.24) is 5.32 Å². The van der Waals surface area contributed by atoms with Crippen molar-refractivity contribution in [2.45, 2.75) is 26.7 Å². The molecule has 0 saturated carbocycles. The van der Waals surface area contributed by atoms with E-state index in [-0.39, 0.29) is 17.2 Å². The van der Waals surface area contributed by atoms with E-state index >= 15 is 0 Å². The molecule has 0 saturated heterocycles. The number of carbonyl (C=O) groups excluding carboxylic acids is 1. The first-order chi connectivity index (χ1) is 8.93. The van der Waals surface area contributed by atoms with Gasteiger partial charge in [0.25, 0.3) is 5.91 Å². The first kappa shape index (κ1) is 15.0. The van der Waals surface area contributed by atoms with Gasteiger partial charge in [-0.05, 0) is 31.4 Å². The minimum absolute atomic E-state index is 0.0149. The molecule has 5 nitrogen and oxygen atoms in total. The molecule has 1 amide bonds. The molecule has 5 heteroatoms. The van der Waals surface area contributed by atoms with Crippen LogP contribution in [0.15, 0.2) is 18.2 Å². The predicted molar refractivity (Wildman–Crippen MR) is 71.2 cm³/mol. The summed E-state index contributed by atoms with van der Waals surface area (Å²) in [5, 5.41) is 21.1. The maximum absolute atomic E-state index is 11.8. The normalized spacial score (nSPS) is 11.9. The van der Waals surface area contributed by atoms with E-state index in [0.717, 1.165) is 0 Å². The third-order valence-corrected chi connectivity index (χ3v) is 3.00. The van der Waals surface area contributed by atoms with Crippen LogP contribution >= 0.6 is 0 Å². The van der Waals surface area contributed by atoms with Gasteiger partial charge in [-0.1, -0.05) is 19.1 Å². The topological polar surface area (TPSA) is 86.6 Å². The first-order valence-corrected chi connectivity index (χ1v) is 6.23. The number of carboxylic acids is 1. The van der Waals surface area contributed by atoms with E-state index < -0.39 is 11.9 Å². The standard InChI is InChI=1S/C14H19NO4/c1-9-5-3-7-11(12(9)16)13(17)15-8-4-6-10(2)14(18)19/h3,5,7,10,16H,4,6,8H2,1-2H3,(H,15,17)(H,18,19). The van der Waals surface area contributed by atoms with Crippen molar-refractivity contribution in [1.29, 1.82) is 0 Å². The van der Waals surface area contributed by atoms with E-state index in [1.807, 2.05) is 0 Å². The largest absolute Gasteiger partial charge is 0.507 e. The van der Waals surface area contributed by atoms with Gasteiger partial charge in [-0.15, -0.1) is 0 Å². The van der Waals surface area contributed by atoms with Gasteiger partial charge in [0.1, 0.15) is 5.75 Å². The number of phenols is 1. The molecule has 0 aliphatic rings. The van der Waals surface area contributed by atoms with Gasteiger partial charge in [0.15, 0.2) is 0 Å². The van der Waals surface area contributed by atoms with Gasteiger partial charge in [-0.3, -0.25) is 9.59 Å². The number of nitrogens with one attached hydrogen (secondary N) is 1. The molecule has 3 N–H and O–H groups in total. The summed E-state index contributed by atoms with van der Waals surface area (Å²) in [4.78, 5) is 22.4. The maximum atomic E-state index is 11.8. The summed E-state index contributed by atoms with van der Waals surface area (Å²) < 4.78 is 0. The summed E-state index contributed by atoms with van der Waals surface area (Å²) >= 11 is 0. The SMILES string of the molecule is Cc1cccc(C(=O)NCCCC(C)C(=O)O)c1O. The zero-order valence-corrected chi connectivity index (χ0v) is 11.1. The zero-order chi connectivity index (χ0) is 14.4. The van der Waals surface area contributed by atoms with Crippen LogP contribution in [0.5, 0.6) is 5.75 Å². The Labute approximate surface area is 112 Å². The van der Waals surface area contributed by atoms with Crippen LogP contribution in [0, 0.1) is 12.8 Å². The summed E-state index contributed by atoms with van der Waals surface area (Å²) in [6.45, 7) is 3.75. The monoisotopic (exact) mass is 265 g/mol. The lowest BCUT2D eigenvalue weighted by Crippen LogP contribution is -2.25. The van der Waals surface area contributed by atoms with E-state index in [1.54, 1.807) is 32.0 Å². The van der Waals surface area contributed by atoms with Gasteiger partial charge >= 0.3 is 5.97 Å². The van der Waals surface area contributed by atoms with E-state index in [4.69, 9.17) is 5.11 Å². The van der Waals surface area contributed by atoms with Gasteiger partial charge in [0.05, 0.1) is 11.5 Å². The quantitative estimate of drug-likeness (QED) is 0.686. The van der Waals surface area contributed by atoms with Gasteiger partial charge in [0, 0.05) is 6.54 Å². The molecule has 19 heavy (non-hydrogen) atoms. The summed E-state index contributed by atoms with van der Waals surface area (Å²) in [5.41, 5.74) is 0.887. The fourth-order valence-electron chi connectivity index (χ4n) is 1.67. The Morgan fingerprint density at radius 1 is 1.37 bits per heavy atom. The molecule has 0 aliphatic carbocycles. The van der Waals surface area contributed by atoms with Crippen LogP contribution in [-0.2, 0) is 4.79 Å². The van der Waals surface area contributed by atoms with Gasteiger partial charge < -0.3 is 15.5 Å². The molecule has 0 fully saturated rings. The molecule has 1 unspecified atom stereocenters. The number of aliphatic carboxylic acids is 1. The second-order valence-electron chi connectivity index (χ2n) is 4.61. The number of aryl methyl sites for hydroxylation is 1. The molecule has 0 heterocycles. The van der Waals surface area contributed by atoms with Crippen LogP contribution in [0.1, 0.15) is 35.7 Å². The Balaban J connectivity index is 2.44. The Kier molecular flexibility index (Phi) is 5.36. The summed E-state index contributed by atoms with van der Waals surface area (Å²) in [6.07, 6.45) is 1.10. The van der Waals surface area contributed by atoms with Crippen molar-refractivity contribution in [3.05, 3.63) is 29.3 Å². The smallest absolute Gasteiger partial charge is 0.306 e. The molecule has 104 valence electrons. The number of carboxylic acid groups (broad SMARTS) is 1. The molecule has 0 bridgehead atoms. The molecule has 0 aliphatic heterocycles. The van der Waals surface area contributed by atoms with E-state index in [2.05, 4.69) is 5.32 Å². The molecule has 1 aromatic carbocycles. The Bertz CT molecular complexity index is 471. The Hall–Kier alpha value is -2.04. The highest BCUT2D eigenvalue weighted by atomic mass is 16.4. The van der Waals surface area contributed by atoms with Gasteiger partial charge in [0.2, 0.25) is 0 Å². The Morgan fingerprint density at radius 2 is 2.05 bits per heavy atom. The molecular formula is C14H19NO4. The van der Waals surface area contributed by atoms with Crippen LogP contribution in [0.2, 0.25) is 0 Å². The molecule has 1 atom stereocenters. The summed E-state index contributed by atoms with van der Waals surface area (Å²) in [7, 11) is 0. The lowest BCUT2D eigenvalue weighted by molar-refractivity contribution is -0.141. The zero-order valence-electron chi connectivity index (χ0n) is 11.1. The molecule has 0 aromatic heterocycles. The number of amides is 1. The van der Waals surface area contributed by atoms with Crippen molar-refractivity contribution in [3.8, 4) is 5.75 Å². The highest BCUT2D eigenvalue weighted by Gasteiger charge is 2.13. The highest BCUT2D eigenvalue weighted by molar-refractivity contribution is 5.97. The number of rotatable bonds is 6. The second-order valence-corrected chi connectivity index (χ2v) is 4.61. The average Bonchev–Trinajstić information content (AvgIpc) is 2.37. The van der Waals surface area contributed by atoms with Crippen LogP contribution in [0.4, 0.5) is 0 Å². The van der Waals surface area contributed by atoms with Crippen molar-refractivity contribution < 1.29 is 19.8 Å². The summed E-state index contributed by atoms with van der Waals surface area (Å²) in [6, 6.07) is 4.98. The predicted octanol–water partition coefficient (Wildman–Crippen LogP) is 1.93. The van der Waals surface area contributed by atoms with Crippen molar-refractivity contribution in [3.63, 3.8) is 0 Å². The highest BCUT2D eigenvalue weighted by Crippen LogP contribution is 2.21. The fourth-order valence-corrected chi connectivity index (χ4v) is 1.67. The minimum atomic E-state index is -0.831. The van der Waals surface area contributed by atoms with Gasteiger partial charge in [-0.25, -0.2) is 0 Å². The number of phenolic OH excluding ortho intramolecular Hbond substituents is 1. The maximum Gasteiger partial charge on any atom is 0.306 e. The van der Waals surface area contributed by atoms with Crippen LogP contribution < -0.4 is 5.32 Å². The number of benzene rings is 1. The number of para-hydroxylation sites is 1. The molecular weight excluding hydrogens is 246 g/mol. The van der Waals surface area contributed by atoms with E-state index in [1.165, 1.54) is 0 Å².